The molecule has 1 unspecified atom stereocenters. The SMILES string of the molecule is COC(=O)CCSCC1CCCN1.Cl. The van der Waals surface area contributed by atoms with Crippen molar-refractivity contribution < 1.29 is 9.53 Å². The number of nitrogens with one attached hydrogen (secondary N) is 1. The van der Waals surface area contributed by atoms with Gasteiger partial charge in [-0.25, -0.2) is 0 Å². The third-order valence-corrected chi connectivity index (χ3v) is 3.29. The minimum Gasteiger partial charge on any atom is -0.469 e. The number of carbonyl (C=O) groups excluding carboxylic acids is 1. The number of esters is 1. The topological polar surface area (TPSA) is 38.3 Å². The van der Waals surface area contributed by atoms with Crippen molar-refractivity contribution in [3.8, 4) is 0 Å². The van der Waals surface area contributed by atoms with E-state index in [0.717, 1.165) is 18.1 Å². The summed E-state index contributed by atoms with van der Waals surface area (Å²) in [6.45, 7) is 1.15. The fourth-order valence-corrected chi connectivity index (χ4v) is 2.43. The molecule has 1 fully saturated rings. The van der Waals surface area contributed by atoms with Gasteiger partial charge in [0.25, 0.3) is 0 Å². The molecule has 5 heteroatoms. The first-order valence-electron chi connectivity index (χ1n) is 4.71. The zero-order chi connectivity index (χ0) is 9.52. The highest BCUT2D eigenvalue weighted by molar-refractivity contribution is 7.99. The van der Waals surface area contributed by atoms with Crippen LogP contribution >= 0.6 is 24.2 Å². The molecular weight excluding hydrogens is 222 g/mol. The predicted molar refractivity (Wildman–Crippen MR) is 62.2 cm³/mol. The van der Waals surface area contributed by atoms with Crippen LogP contribution in [-0.4, -0.2) is 37.2 Å². The highest BCUT2D eigenvalue weighted by atomic mass is 35.5. The van der Waals surface area contributed by atoms with Crippen LogP contribution in [0.25, 0.3) is 0 Å². The molecule has 0 aromatic rings. The lowest BCUT2D eigenvalue weighted by Gasteiger charge is -2.08. The van der Waals surface area contributed by atoms with E-state index in [0.29, 0.717) is 12.5 Å². The van der Waals surface area contributed by atoms with E-state index in [1.54, 1.807) is 0 Å². The minimum atomic E-state index is -0.105. The summed E-state index contributed by atoms with van der Waals surface area (Å²) >= 11 is 1.83. The van der Waals surface area contributed by atoms with Crippen LogP contribution in [0.3, 0.4) is 0 Å². The average Bonchev–Trinajstić information content (AvgIpc) is 2.64. The van der Waals surface area contributed by atoms with Gasteiger partial charge in [-0.05, 0) is 19.4 Å². The molecule has 3 nitrogen and oxygen atoms in total. The highest BCUT2D eigenvalue weighted by Gasteiger charge is 2.13. The van der Waals surface area contributed by atoms with Crippen LogP contribution < -0.4 is 5.32 Å². The summed E-state index contributed by atoms with van der Waals surface area (Å²) in [5.41, 5.74) is 0. The van der Waals surface area contributed by atoms with Crippen LogP contribution in [-0.2, 0) is 9.53 Å². The molecule has 0 aromatic carbocycles. The minimum absolute atomic E-state index is 0. The van der Waals surface area contributed by atoms with Crippen LogP contribution in [0, 0.1) is 0 Å². The Bertz CT molecular complexity index is 163. The van der Waals surface area contributed by atoms with E-state index < -0.39 is 0 Å². The lowest BCUT2D eigenvalue weighted by Crippen LogP contribution is -2.23. The smallest absolute Gasteiger partial charge is 0.306 e. The van der Waals surface area contributed by atoms with E-state index >= 15 is 0 Å². The molecule has 0 spiro atoms. The van der Waals surface area contributed by atoms with Crippen molar-refractivity contribution in [1.29, 1.82) is 0 Å². The lowest BCUT2D eigenvalue weighted by molar-refractivity contribution is -0.140. The monoisotopic (exact) mass is 239 g/mol. The molecule has 1 rings (SSSR count). The summed E-state index contributed by atoms with van der Waals surface area (Å²) in [5.74, 6) is 1.90. The summed E-state index contributed by atoms with van der Waals surface area (Å²) in [5, 5.41) is 3.42. The Morgan fingerprint density at radius 1 is 1.64 bits per heavy atom. The molecule has 0 saturated carbocycles. The molecule has 1 aliphatic rings. The summed E-state index contributed by atoms with van der Waals surface area (Å²) in [4.78, 5) is 10.8. The van der Waals surface area contributed by atoms with E-state index in [2.05, 4.69) is 10.1 Å². The zero-order valence-corrected chi connectivity index (χ0v) is 10.1. The molecule has 0 radical (unpaired) electrons. The Morgan fingerprint density at radius 3 is 3.00 bits per heavy atom. The molecular formula is C9H18ClNO2S. The van der Waals surface area contributed by atoms with Crippen LogP contribution in [0.15, 0.2) is 0 Å². The Hall–Kier alpha value is 0.0700. The standard InChI is InChI=1S/C9H17NO2S.ClH/c1-12-9(11)4-6-13-7-8-3-2-5-10-8;/h8,10H,2-7H2,1H3;1H. The predicted octanol–water partition coefficient (Wildman–Crippen LogP) is 1.46. The van der Waals surface area contributed by atoms with Gasteiger partial charge in [-0.1, -0.05) is 0 Å². The molecule has 0 amide bonds. The van der Waals surface area contributed by atoms with Gasteiger partial charge < -0.3 is 10.1 Å². The molecule has 1 heterocycles. The maximum absolute atomic E-state index is 10.8. The Balaban J connectivity index is 0.00000169. The first kappa shape index (κ1) is 14.1. The number of thioether (sulfide) groups is 1. The van der Waals surface area contributed by atoms with Gasteiger partial charge in [0, 0.05) is 17.5 Å². The van der Waals surface area contributed by atoms with Crippen molar-refractivity contribution >= 4 is 30.1 Å². The summed E-state index contributed by atoms with van der Waals surface area (Å²) in [7, 11) is 1.44. The van der Waals surface area contributed by atoms with E-state index in [-0.39, 0.29) is 18.4 Å². The first-order chi connectivity index (χ1) is 6.33. The second kappa shape index (κ2) is 8.38. The normalized spacial score (nSPS) is 20.2. The van der Waals surface area contributed by atoms with Crippen molar-refractivity contribution in [3.63, 3.8) is 0 Å². The third-order valence-electron chi connectivity index (χ3n) is 2.16. The van der Waals surface area contributed by atoms with Gasteiger partial charge in [0.05, 0.1) is 13.5 Å². The van der Waals surface area contributed by atoms with Gasteiger partial charge >= 0.3 is 5.97 Å². The van der Waals surface area contributed by atoms with Crippen molar-refractivity contribution in [1.82, 2.24) is 5.32 Å². The fourth-order valence-electron chi connectivity index (χ4n) is 1.38. The number of ether oxygens (including phenoxy) is 1. The number of methoxy groups -OCH3 is 1. The van der Waals surface area contributed by atoms with Crippen LogP contribution in [0.4, 0.5) is 0 Å². The van der Waals surface area contributed by atoms with Gasteiger partial charge in [-0.2, -0.15) is 11.8 Å². The Labute approximate surface area is 95.8 Å². The molecule has 0 aromatic heterocycles. The quantitative estimate of drug-likeness (QED) is 0.582. The lowest BCUT2D eigenvalue weighted by atomic mass is 10.3. The third kappa shape index (κ3) is 5.73. The van der Waals surface area contributed by atoms with Gasteiger partial charge in [-0.15, -0.1) is 12.4 Å². The van der Waals surface area contributed by atoms with Crippen molar-refractivity contribution in [2.75, 3.05) is 25.2 Å². The molecule has 0 aliphatic carbocycles. The number of rotatable bonds is 5. The van der Waals surface area contributed by atoms with Gasteiger partial charge in [0.15, 0.2) is 0 Å². The van der Waals surface area contributed by atoms with E-state index in [9.17, 15) is 4.79 Å². The van der Waals surface area contributed by atoms with E-state index in [1.807, 2.05) is 11.8 Å². The summed E-state index contributed by atoms with van der Waals surface area (Å²) < 4.78 is 4.55. The Kier molecular flexibility index (Phi) is 8.43. The zero-order valence-electron chi connectivity index (χ0n) is 8.45. The van der Waals surface area contributed by atoms with Gasteiger partial charge in [-0.3, -0.25) is 4.79 Å². The van der Waals surface area contributed by atoms with Crippen LogP contribution in [0.1, 0.15) is 19.3 Å². The second-order valence-electron chi connectivity index (χ2n) is 3.19. The first-order valence-corrected chi connectivity index (χ1v) is 5.86. The van der Waals surface area contributed by atoms with E-state index in [4.69, 9.17) is 0 Å². The molecule has 1 N–H and O–H groups in total. The fraction of sp³-hybridized carbons (Fsp3) is 0.889. The van der Waals surface area contributed by atoms with Crippen molar-refractivity contribution in [2.45, 2.75) is 25.3 Å². The largest absolute Gasteiger partial charge is 0.469 e. The van der Waals surface area contributed by atoms with Crippen molar-refractivity contribution in [2.24, 2.45) is 0 Å². The molecule has 84 valence electrons. The second-order valence-corrected chi connectivity index (χ2v) is 4.34. The molecule has 0 bridgehead atoms. The maximum Gasteiger partial charge on any atom is 0.306 e. The number of carbonyl (C=O) groups is 1. The van der Waals surface area contributed by atoms with Gasteiger partial charge in [0.2, 0.25) is 0 Å². The number of halogens is 1. The Morgan fingerprint density at radius 2 is 2.43 bits per heavy atom. The summed E-state index contributed by atoms with van der Waals surface area (Å²) in [6.07, 6.45) is 3.11. The number of hydrogen-bond acceptors (Lipinski definition) is 4. The van der Waals surface area contributed by atoms with E-state index in [1.165, 1.54) is 20.0 Å². The molecule has 14 heavy (non-hydrogen) atoms. The highest BCUT2D eigenvalue weighted by Crippen LogP contribution is 2.12. The summed E-state index contributed by atoms with van der Waals surface area (Å²) in [6, 6.07) is 0.669. The van der Waals surface area contributed by atoms with Crippen molar-refractivity contribution in [3.05, 3.63) is 0 Å². The molecule has 1 aliphatic heterocycles. The molecule has 1 atom stereocenters. The van der Waals surface area contributed by atoms with Crippen LogP contribution in [0.5, 0.6) is 0 Å². The number of hydrogen-bond donors (Lipinski definition) is 1. The van der Waals surface area contributed by atoms with Gasteiger partial charge in [0.1, 0.15) is 0 Å². The van der Waals surface area contributed by atoms with Crippen LogP contribution in [0.2, 0.25) is 0 Å². The maximum atomic E-state index is 10.8. The average molecular weight is 240 g/mol. The molecule has 1 saturated heterocycles.